The first-order chi connectivity index (χ1) is 10.7. The topological polar surface area (TPSA) is 78.8 Å². The predicted molar refractivity (Wildman–Crippen MR) is 87.1 cm³/mol. The third-order valence-electron chi connectivity index (χ3n) is 4.11. The fourth-order valence-electron chi connectivity index (χ4n) is 2.77. The summed E-state index contributed by atoms with van der Waals surface area (Å²) in [5.41, 5.74) is 0. The number of imidazole rings is 1. The molecule has 0 aliphatic carbocycles. The van der Waals surface area contributed by atoms with Crippen LogP contribution < -0.4 is 0 Å². The minimum Gasteiger partial charge on any atom is -0.348 e. The molecule has 0 unspecified atom stereocenters. The highest BCUT2D eigenvalue weighted by Crippen LogP contribution is 2.16. The molecule has 130 valence electrons. The number of hydrogen-bond donors (Lipinski definition) is 0. The Kier molecular flexibility index (Phi) is 5.43. The molecule has 0 spiro atoms. The molecule has 1 aliphatic rings. The Morgan fingerprint density at radius 3 is 2.57 bits per heavy atom. The second kappa shape index (κ2) is 6.98. The number of amides is 1. The number of carbonyl (C=O) groups excluding carboxylic acids is 1. The maximum absolute atomic E-state index is 12.4. The lowest BCUT2D eigenvalue weighted by molar-refractivity contribution is -0.133. The van der Waals surface area contributed by atoms with E-state index in [9.17, 15) is 13.2 Å². The average molecular weight is 343 g/mol. The van der Waals surface area contributed by atoms with E-state index in [4.69, 9.17) is 0 Å². The van der Waals surface area contributed by atoms with E-state index >= 15 is 0 Å². The predicted octanol–water partition coefficient (Wildman–Crippen LogP) is -0.798. The van der Waals surface area contributed by atoms with Crippen molar-refractivity contribution in [3.05, 3.63) is 18.2 Å². The lowest BCUT2D eigenvalue weighted by atomic mass is 10.1. The molecule has 0 N–H and O–H groups in total. The summed E-state index contributed by atoms with van der Waals surface area (Å²) >= 11 is 0. The van der Waals surface area contributed by atoms with E-state index in [1.807, 2.05) is 17.8 Å². The number of rotatable bonds is 4. The van der Waals surface area contributed by atoms with Crippen molar-refractivity contribution in [3.8, 4) is 0 Å². The molecule has 1 aromatic rings. The van der Waals surface area contributed by atoms with Crippen molar-refractivity contribution in [3.63, 3.8) is 0 Å². The van der Waals surface area contributed by atoms with Crippen LogP contribution in [0.2, 0.25) is 0 Å². The molecule has 1 saturated heterocycles. The smallest absolute Gasteiger partial charge is 0.227 e. The Morgan fingerprint density at radius 1 is 1.35 bits per heavy atom. The van der Waals surface area contributed by atoms with Gasteiger partial charge in [0.15, 0.2) is 0 Å². The summed E-state index contributed by atoms with van der Waals surface area (Å²) in [5, 5.41) is 0. The van der Waals surface area contributed by atoms with E-state index < -0.39 is 10.0 Å². The number of hydrogen-bond acceptors (Lipinski definition) is 5. The number of nitrogens with zero attached hydrogens (tertiary/aromatic N) is 5. The minimum atomic E-state index is -3.32. The van der Waals surface area contributed by atoms with Crippen molar-refractivity contribution in [1.29, 1.82) is 0 Å². The van der Waals surface area contributed by atoms with Gasteiger partial charge in [0.2, 0.25) is 15.9 Å². The normalized spacial score (nSPS) is 21.1. The van der Waals surface area contributed by atoms with Crippen molar-refractivity contribution in [1.82, 2.24) is 23.7 Å². The van der Waals surface area contributed by atoms with Crippen LogP contribution in [0.4, 0.5) is 0 Å². The molecular weight excluding hydrogens is 318 g/mol. The molecule has 1 amide bonds. The average Bonchev–Trinajstić information content (AvgIpc) is 2.73. The van der Waals surface area contributed by atoms with E-state index in [0.29, 0.717) is 26.2 Å². The standard InChI is InChI=1S/C14H25N5O3S/c1-16(2)14(20)12-9-18(11-13-15-5-6-17(13)3)7-8-19(10-12)23(4,21)22/h5-6,12H,7-11H2,1-4H3/t12-/m0/s1. The van der Waals surface area contributed by atoms with Gasteiger partial charge < -0.3 is 9.47 Å². The molecule has 9 heteroatoms. The van der Waals surface area contributed by atoms with Crippen molar-refractivity contribution in [2.75, 3.05) is 46.5 Å². The molecule has 1 aromatic heterocycles. The second-order valence-electron chi connectivity index (χ2n) is 6.24. The Bertz CT molecular complexity index is 655. The van der Waals surface area contributed by atoms with E-state index in [0.717, 1.165) is 5.82 Å². The van der Waals surface area contributed by atoms with Crippen molar-refractivity contribution < 1.29 is 13.2 Å². The number of sulfonamides is 1. The third-order valence-corrected chi connectivity index (χ3v) is 5.38. The fourth-order valence-corrected chi connectivity index (χ4v) is 3.63. The maximum Gasteiger partial charge on any atom is 0.227 e. The van der Waals surface area contributed by atoms with Gasteiger partial charge >= 0.3 is 0 Å². The Balaban J connectivity index is 2.19. The first-order valence-corrected chi connectivity index (χ1v) is 9.38. The minimum absolute atomic E-state index is 0.0506. The molecule has 8 nitrogen and oxygen atoms in total. The van der Waals surface area contributed by atoms with Gasteiger partial charge in [0.1, 0.15) is 5.82 Å². The highest BCUT2D eigenvalue weighted by atomic mass is 32.2. The fraction of sp³-hybridized carbons (Fsp3) is 0.714. The Hall–Kier alpha value is -1.45. The lowest BCUT2D eigenvalue weighted by Gasteiger charge is -2.25. The molecule has 0 saturated carbocycles. The molecule has 2 rings (SSSR count). The van der Waals surface area contributed by atoms with Gasteiger partial charge in [-0.3, -0.25) is 9.69 Å². The highest BCUT2D eigenvalue weighted by Gasteiger charge is 2.32. The van der Waals surface area contributed by atoms with E-state index in [1.165, 1.54) is 15.5 Å². The van der Waals surface area contributed by atoms with Crippen molar-refractivity contribution >= 4 is 15.9 Å². The summed E-state index contributed by atoms with van der Waals surface area (Å²) in [7, 11) is 1.99. The van der Waals surface area contributed by atoms with Crippen LogP contribution in [0.1, 0.15) is 5.82 Å². The van der Waals surface area contributed by atoms with Gasteiger partial charge in [-0.15, -0.1) is 0 Å². The van der Waals surface area contributed by atoms with E-state index in [-0.39, 0.29) is 18.4 Å². The first kappa shape index (κ1) is 17.9. The molecule has 1 aliphatic heterocycles. The van der Waals surface area contributed by atoms with Crippen LogP contribution in [0.25, 0.3) is 0 Å². The summed E-state index contributed by atoms with van der Waals surface area (Å²) in [4.78, 5) is 20.3. The van der Waals surface area contributed by atoms with Gasteiger partial charge in [-0.05, 0) is 0 Å². The van der Waals surface area contributed by atoms with Gasteiger partial charge in [0.25, 0.3) is 0 Å². The summed E-state index contributed by atoms with van der Waals surface area (Å²) in [5.74, 6) is 0.474. The van der Waals surface area contributed by atoms with Crippen molar-refractivity contribution in [2.24, 2.45) is 13.0 Å². The molecule has 2 heterocycles. The van der Waals surface area contributed by atoms with Crippen LogP contribution in [-0.4, -0.2) is 84.5 Å². The number of carbonyl (C=O) groups is 1. The highest BCUT2D eigenvalue weighted by molar-refractivity contribution is 7.88. The third kappa shape index (κ3) is 4.52. The molecule has 1 atom stereocenters. The van der Waals surface area contributed by atoms with Gasteiger partial charge in [-0.2, -0.15) is 0 Å². The van der Waals surface area contributed by atoms with Crippen LogP contribution in [0.5, 0.6) is 0 Å². The zero-order valence-electron chi connectivity index (χ0n) is 14.1. The van der Waals surface area contributed by atoms with Gasteiger partial charge in [0.05, 0.1) is 18.7 Å². The van der Waals surface area contributed by atoms with Gasteiger partial charge in [-0.25, -0.2) is 17.7 Å². The first-order valence-electron chi connectivity index (χ1n) is 7.53. The summed E-state index contributed by atoms with van der Waals surface area (Å²) in [6.45, 7) is 2.32. The molecule has 0 aromatic carbocycles. The van der Waals surface area contributed by atoms with E-state index in [1.54, 1.807) is 20.3 Å². The summed E-state index contributed by atoms with van der Waals surface area (Å²) < 4.78 is 27.2. The SMILES string of the molecule is CN(C)C(=O)[C@H]1CN(Cc2nccn2C)CCN(S(C)(=O)=O)C1. The van der Waals surface area contributed by atoms with Crippen LogP contribution in [0.15, 0.2) is 12.4 Å². The number of aryl methyl sites for hydroxylation is 1. The Labute approximate surface area is 137 Å². The van der Waals surface area contributed by atoms with Crippen LogP contribution in [0.3, 0.4) is 0 Å². The maximum atomic E-state index is 12.4. The molecular formula is C14H25N5O3S. The van der Waals surface area contributed by atoms with Gasteiger partial charge in [-0.1, -0.05) is 0 Å². The molecule has 0 radical (unpaired) electrons. The zero-order valence-corrected chi connectivity index (χ0v) is 15.0. The van der Waals surface area contributed by atoms with Gasteiger partial charge in [0, 0.05) is 59.7 Å². The lowest BCUT2D eigenvalue weighted by Crippen LogP contribution is -2.41. The quantitative estimate of drug-likeness (QED) is 0.715. The molecule has 1 fully saturated rings. The summed E-state index contributed by atoms with van der Waals surface area (Å²) in [6, 6.07) is 0. The van der Waals surface area contributed by atoms with Crippen LogP contribution in [0, 0.1) is 5.92 Å². The van der Waals surface area contributed by atoms with Crippen LogP contribution >= 0.6 is 0 Å². The number of aromatic nitrogens is 2. The monoisotopic (exact) mass is 343 g/mol. The molecule has 0 bridgehead atoms. The van der Waals surface area contributed by atoms with Crippen molar-refractivity contribution in [2.45, 2.75) is 6.54 Å². The molecule has 23 heavy (non-hydrogen) atoms. The van der Waals surface area contributed by atoms with E-state index in [2.05, 4.69) is 9.88 Å². The zero-order chi connectivity index (χ0) is 17.2. The summed E-state index contributed by atoms with van der Waals surface area (Å²) in [6.07, 6.45) is 4.80. The largest absolute Gasteiger partial charge is 0.348 e. The Morgan fingerprint density at radius 2 is 2.04 bits per heavy atom. The van der Waals surface area contributed by atoms with Crippen LogP contribution in [-0.2, 0) is 28.4 Å². The second-order valence-corrected chi connectivity index (χ2v) is 8.22.